The molecule has 3 aliphatic carbocycles. The van der Waals surface area contributed by atoms with Gasteiger partial charge in [-0.25, -0.2) is 0 Å². The molecule has 0 radical (unpaired) electrons. The minimum absolute atomic E-state index is 0.0295. The Kier molecular flexibility index (Phi) is 30.3. The zero-order valence-electron chi connectivity index (χ0n) is 72.4. The maximum atomic E-state index is 12.2. The fourth-order valence-electron chi connectivity index (χ4n) is 16.1. The molecule has 656 valence electrons. The highest BCUT2D eigenvalue weighted by Crippen LogP contribution is 2.49. The molecule has 4 atom stereocenters. The first kappa shape index (κ1) is 94.2. The maximum Gasteiger partial charge on any atom is 0.534 e. The first-order valence-corrected chi connectivity index (χ1v) is 45.3. The smallest absolute Gasteiger partial charge is 0.405 e. The topological polar surface area (TPSA) is 279 Å². The van der Waals surface area contributed by atoms with Crippen molar-refractivity contribution >= 4 is 95.9 Å². The number of alkyl halides is 3. The second-order valence-electron chi connectivity index (χ2n) is 36.4. The van der Waals surface area contributed by atoms with Crippen molar-refractivity contribution in [1.29, 1.82) is 0 Å². The second kappa shape index (κ2) is 39.5. The van der Waals surface area contributed by atoms with E-state index in [0.717, 1.165) is 90.6 Å². The largest absolute Gasteiger partial charge is 0.534 e. The van der Waals surface area contributed by atoms with Crippen LogP contribution in [-0.2, 0) is 63.8 Å². The Morgan fingerprint density at radius 1 is 0.455 bits per heavy atom. The molecule has 11 fully saturated rings. The number of hydrogen-bond donors (Lipinski definition) is 5. The Labute approximate surface area is 736 Å². The number of rotatable bonds is 17. The van der Waals surface area contributed by atoms with E-state index in [9.17, 15) is 55.5 Å². The van der Waals surface area contributed by atoms with Crippen molar-refractivity contribution in [3.05, 3.63) is 210 Å². The molecule has 5 N–H and O–H groups in total. The minimum Gasteiger partial charge on any atom is -0.405 e. The van der Waals surface area contributed by atoms with Gasteiger partial charge in [-0.2, -0.15) is 21.6 Å². The van der Waals surface area contributed by atoms with Gasteiger partial charge in [0.25, 0.3) is 0 Å². The van der Waals surface area contributed by atoms with Crippen molar-refractivity contribution < 1.29 is 92.3 Å². The fourth-order valence-corrected chi connectivity index (χ4v) is 17.4. The van der Waals surface area contributed by atoms with Gasteiger partial charge >= 0.3 is 36.8 Å². The van der Waals surface area contributed by atoms with Gasteiger partial charge in [0.2, 0.25) is 17.7 Å². The number of aliphatic hydroxyl groups is 1. The highest BCUT2D eigenvalue weighted by molar-refractivity contribution is 14.1. The minimum atomic E-state index is -5.80. The number of nitrogens with one attached hydrogen (secondary N) is 4. The van der Waals surface area contributed by atoms with Crippen LogP contribution < -0.4 is 30.9 Å². The van der Waals surface area contributed by atoms with Crippen molar-refractivity contribution in [2.45, 2.75) is 247 Å². The molecule has 11 aliphatic rings. The first-order chi connectivity index (χ1) is 58.2. The van der Waals surface area contributed by atoms with Crippen LogP contribution in [0.5, 0.6) is 5.75 Å². The first-order valence-electron chi connectivity index (χ1n) is 42.9. The van der Waals surface area contributed by atoms with Crippen LogP contribution in [0.2, 0.25) is 0 Å². The highest BCUT2D eigenvalue weighted by atomic mass is 127. The molecule has 4 unspecified atom stereocenters. The standard InChI is InChI=1S/C20H19NO2.C20H23NO.C17H22BNO4.C12H24B2O4.C12H10F3NO5S.C9H9I.C4H8O/c22-12-16-9-14(7-8-17(16)15-10-20(23)21-11-15)19-4-2-1-3-18(19)13-5-6-13;22-13-17-11-15(7-8-18(17)16-9-10-21-12-16)20-4-2-1-3-19(20)14-5-6-14;1-16(2)17(3,4)23-18(22-16)13-5-6-14(12(7-13)10-20)11-8-15(21)19-9-11;1-9(2)10(3,4)16-13(15-9)14-17-11(5,6)12(7,8)18-14;13-12(14,15)22(19,20)21-9-1-2-10(8(3-9)6-17)7-4-11(18)16-5-7;10-9-4-2-1-3-8(9)7-5-6-7;1-2-4-5-3-1/h1-4,7-9,12-13,15H,5-6,10-11H2,(H,21,23);1-4,7-8,11,14,16,21-22H,5-6,9-10,12-13H2;5-7,10-11H,8-9H2,1-4H3,(H,19,21);1-8H3;1-3,6-7H,4-5H2,(H,16,18);1-4,7H,5-6H2;1-4H2. The predicted molar refractivity (Wildman–Crippen MR) is 479 cm³/mol. The third kappa shape index (κ3) is 23.3. The number of aliphatic hydroxyl groups excluding tert-OH is 1. The number of hydrogen-bond acceptors (Lipinski definition) is 18. The SMILES string of the molecule is C1CCOC1.CC1(C)OB(B2OC(C)(C)C(C)(C)O2)OC1(C)C.CC1(C)OB(c2ccc(C3CNC(=O)C3)c(C=O)c2)OC1(C)C.Ic1ccccc1C1CC1.O=Cc1cc(-c2ccccc2C2CC2)ccc1C1CNC(=O)C1.O=Cc1cc(OS(=O)(=O)C(F)(F)F)ccc1C1CNC(=O)C1.OCc1cc(-c2ccccc2C2CC2)ccc1C1CCNC1. The van der Waals surface area contributed by atoms with Gasteiger partial charge in [-0.1, -0.05) is 115 Å². The lowest BCUT2D eigenvalue weighted by Gasteiger charge is -2.32. The Hall–Kier alpha value is -7.94. The molecule has 8 saturated heterocycles. The van der Waals surface area contributed by atoms with Gasteiger partial charge in [0.1, 0.15) is 24.6 Å². The number of halogens is 4. The summed E-state index contributed by atoms with van der Waals surface area (Å²) in [6.07, 6.45) is 14.8. The second-order valence-corrected chi connectivity index (χ2v) is 39.1. The van der Waals surface area contributed by atoms with E-state index in [1.54, 1.807) is 5.56 Å². The zero-order chi connectivity index (χ0) is 88.6. The molecule has 3 amide bonds. The predicted octanol–water partition coefficient (Wildman–Crippen LogP) is 16.4. The average Bonchev–Trinajstić information content (AvgIpc) is 1.60. The van der Waals surface area contributed by atoms with Crippen molar-refractivity contribution in [3.63, 3.8) is 0 Å². The highest BCUT2D eigenvalue weighted by Gasteiger charge is 2.64. The summed E-state index contributed by atoms with van der Waals surface area (Å²) < 4.78 is 105. The van der Waals surface area contributed by atoms with Crippen LogP contribution in [-0.4, -0.2) is 156 Å². The van der Waals surface area contributed by atoms with Crippen LogP contribution in [0, 0.1) is 3.57 Å². The van der Waals surface area contributed by atoms with Gasteiger partial charge in [-0.3, -0.25) is 28.8 Å². The molecule has 7 aromatic carbocycles. The van der Waals surface area contributed by atoms with E-state index in [2.05, 4.69) is 145 Å². The summed E-state index contributed by atoms with van der Waals surface area (Å²) in [5, 5.41) is 21.5. The zero-order valence-corrected chi connectivity index (χ0v) is 75.4. The summed E-state index contributed by atoms with van der Waals surface area (Å²) in [5.74, 6) is 1.98. The van der Waals surface area contributed by atoms with Crippen LogP contribution in [0.15, 0.2) is 146 Å². The summed E-state index contributed by atoms with van der Waals surface area (Å²) >= 11 is 2.42. The quantitative estimate of drug-likeness (QED) is 0.0186. The van der Waals surface area contributed by atoms with Crippen LogP contribution in [0.25, 0.3) is 22.3 Å². The van der Waals surface area contributed by atoms with Gasteiger partial charge in [0, 0.05) is 96.7 Å². The van der Waals surface area contributed by atoms with Crippen LogP contribution in [0.1, 0.15) is 277 Å². The van der Waals surface area contributed by atoms with Crippen LogP contribution in [0.4, 0.5) is 13.2 Å². The Morgan fingerprint density at radius 3 is 1.24 bits per heavy atom. The molecule has 0 spiro atoms. The number of carbonyl (C=O) groups excluding carboxylic acids is 6. The van der Waals surface area contributed by atoms with Gasteiger partial charge in [-0.05, 0) is 296 Å². The summed E-state index contributed by atoms with van der Waals surface area (Å²) in [7, 11) is -7.24. The summed E-state index contributed by atoms with van der Waals surface area (Å²) in [6, 6.07) is 47.5. The molecular weight excluding hydrogens is 1710 g/mol. The van der Waals surface area contributed by atoms with Gasteiger partial charge in [0.15, 0.2) is 0 Å². The summed E-state index contributed by atoms with van der Waals surface area (Å²) in [6.45, 7) is 29.9. The Bertz CT molecular complexity index is 4980. The third-order valence-electron chi connectivity index (χ3n) is 25.8. The van der Waals surface area contributed by atoms with E-state index >= 15 is 0 Å². The number of ether oxygens (including phenoxy) is 1. The van der Waals surface area contributed by atoms with Gasteiger partial charge in [0.05, 0.1) is 40.2 Å². The number of benzene rings is 7. The number of amides is 3. The van der Waals surface area contributed by atoms with E-state index in [4.69, 9.17) is 32.7 Å². The lowest BCUT2D eigenvalue weighted by molar-refractivity contribution is -0.120. The normalized spacial score (nSPS) is 22.8. The van der Waals surface area contributed by atoms with Gasteiger partial charge in [-0.15, -0.1) is 0 Å². The Morgan fingerprint density at radius 2 is 0.846 bits per heavy atom. The number of carbonyl (C=O) groups is 6. The lowest BCUT2D eigenvalue weighted by Crippen LogP contribution is -2.41. The van der Waals surface area contributed by atoms with Crippen LogP contribution >= 0.6 is 22.6 Å². The van der Waals surface area contributed by atoms with Gasteiger partial charge < -0.3 is 63.2 Å². The fraction of sp³-hybridized carbons (Fsp3) is 0.489. The van der Waals surface area contributed by atoms with E-state index < -0.39 is 53.7 Å². The molecule has 0 bridgehead atoms. The summed E-state index contributed by atoms with van der Waals surface area (Å²) in [4.78, 5) is 68.1. The van der Waals surface area contributed by atoms with E-state index in [1.165, 1.54) is 101 Å². The lowest BCUT2D eigenvalue weighted by atomic mass is 9.49. The molecule has 3 saturated carbocycles. The maximum absolute atomic E-state index is 12.2. The van der Waals surface area contributed by atoms with E-state index in [1.807, 2.05) is 113 Å². The van der Waals surface area contributed by atoms with Crippen molar-refractivity contribution in [3.8, 4) is 28.0 Å². The van der Waals surface area contributed by atoms with E-state index in [-0.39, 0.29) is 76.5 Å². The molecule has 29 heteroatoms. The molecule has 123 heavy (non-hydrogen) atoms. The third-order valence-corrected chi connectivity index (χ3v) is 27.8. The molecule has 8 aliphatic heterocycles. The molecule has 7 aromatic rings. The molecule has 0 aromatic heterocycles. The number of aldehydes is 3. The van der Waals surface area contributed by atoms with Crippen molar-refractivity contribution in [2.75, 3.05) is 45.9 Å². The molecule has 8 heterocycles. The molecule has 18 rings (SSSR count). The van der Waals surface area contributed by atoms with E-state index in [0.29, 0.717) is 67.3 Å². The summed E-state index contributed by atoms with van der Waals surface area (Å²) in [5.41, 5.74) is 8.32. The van der Waals surface area contributed by atoms with Crippen molar-refractivity contribution in [2.24, 2.45) is 0 Å². The molecular formula is C94H115B3F3IN4O17S. The average molecular weight is 1820 g/mol. The Balaban J connectivity index is 0.000000135. The van der Waals surface area contributed by atoms with Crippen molar-refractivity contribution in [1.82, 2.24) is 21.3 Å². The van der Waals surface area contributed by atoms with Crippen LogP contribution in [0.3, 0.4) is 0 Å². The monoisotopic (exact) mass is 1820 g/mol. The molecule has 21 nitrogen and oxygen atoms in total.